The zero-order valence-corrected chi connectivity index (χ0v) is 11.8. The van der Waals surface area contributed by atoms with E-state index in [9.17, 15) is 4.79 Å². The molecule has 0 aromatic heterocycles. The standard InChI is InChI=1S/C13H24ClNO2/c1-13(2,3)12-10(9-17-12)6-4-5-7-15-11(16)8-14/h10,12H,4-9H2,1-3H3,(H,15,16). The molecule has 17 heavy (non-hydrogen) atoms. The molecule has 1 fully saturated rings. The van der Waals surface area contributed by atoms with E-state index in [2.05, 4.69) is 26.1 Å². The third-order valence-corrected chi connectivity index (χ3v) is 3.46. The molecule has 1 saturated heterocycles. The van der Waals surface area contributed by atoms with Gasteiger partial charge in [-0.3, -0.25) is 4.79 Å². The molecule has 1 rings (SSSR count). The van der Waals surface area contributed by atoms with Gasteiger partial charge in [-0.1, -0.05) is 27.2 Å². The highest BCUT2D eigenvalue weighted by Crippen LogP contribution is 2.37. The van der Waals surface area contributed by atoms with E-state index in [-0.39, 0.29) is 17.2 Å². The molecule has 0 bridgehead atoms. The predicted octanol–water partition coefficient (Wildman–Crippen LogP) is 2.57. The number of unbranched alkanes of at least 4 members (excludes halogenated alkanes) is 1. The summed E-state index contributed by atoms with van der Waals surface area (Å²) in [6.45, 7) is 8.31. The van der Waals surface area contributed by atoms with Gasteiger partial charge in [0.1, 0.15) is 5.88 Å². The van der Waals surface area contributed by atoms with Crippen molar-refractivity contribution in [3.05, 3.63) is 0 Å². The van der Waals surface area contributed by atoms with E-state index in [1.165, 1.54) is 6.42 Å². The molecule has 0 aromatic carbocycles. The van der Waals surface area contributed by atoms with Crippen molar-refractivity contribution in [3.8, 4) is 0 Å². The van der Waals surface area contributed by atoms with Crippen molar-refractivity contribution in [1.29, 1.82) is 0 Å². The van der Waals surface area contributed by atoms with Crippen LogP contribution in [0.2, 0.25) is 0 Å². The van der Waals surface area contributed by atoms with Crippen molar-refractivity contribution in [2.45, 2.75) is 46.1 Å². The van der Waals surface area contributed by atoms with E-state index < -0.39 is 0 Å². The quantitative estimate of drug-likeness (QED) is 0.590. The molecule has 1 N–H and O–H groups in total. The molecule has 0 saturated carbocycles. The molecule has 4 heteroatoms. The van der Waals surface area contributed by atoms with Crippen molar-refractivity contribution in [3.63, 3.8) is 0 Å². The number of halogens is 1. The fraction of sp³-hybridized carbons (Fsp3) is 0.923. The zero-order chi connectivity index (χ0) is 12.9. The lowest BCUT2D eigenvalue weighted by atomic mass is 9.76. The number of ether oxygens (including phenoxy) is 1. The van der Waals surface area contributed by atoms with Crippen LogP contribution in [-0.2, 0) is 9.53 Å². The summed E-state index contributed by atoms with van der Waals surface area (Å²) in [5.41, 5.74) is 0.246. The molecular formula is C13H24ClNO2. The first-order chi connectivity index (χ1) is 7.95. The average Bonchev–Trinajstić information content (AvgIpc) is 2.18. The van der Waals surface area contributed by atoms with Crippen LogP contribution >= 0.6 is 11.6 Å². The summed E-state index contributed by atoms with van der Waals surface area (Å²) < 4.78 is 5.63. The first kappa shape index (κ1) is 14.8. The topological polar surface area (TPSA) is 38.3 Å². The summed E-state index contributed by atoms with van der Waals surface area (Å²) in [4.78, 5) is 10.9. The number of alkyl halides is 1. The summed E-state index contributed by atoms with van der Waals surface area (Å²) in [5, 5.41) is 2.78. The number of carbonyl (C=O) groups is 1. The Morgan fingerprint density at radius 2 is 2.12 bits per heavy atom. The number of hydrogen-bond acceptors (Lipinski definition) is 2. The first-order valence-corrected chi connectivity index (χ1v) is 6.93. The van der Waals surface area contributed by atoms with Gasteiger partial charge in [0.05, 0.1) is 12.7 Å². The Labute approximate surface area is 109 Å². The molecule has 0 radical (unpaired) electrons. The largest absolute Gasteiger partial charge is 0.377 e. The fourth-order valence-electron chi connectivity index (χ4n) is 2.33. The first-order valence-electron chi connectivity index (χ1n) is 6.39. The van der Waals surface area contributed by atoms with E-state index in [1.54, 1.807) is 0 Å². The zero-order valence-electron chi connectivity index (χ0n) is 11.1. The molecule has 0 spiro atoms. The second kappa shape index (κ2) is 6.60. The highest BCUT2D eigenvalue weighted by Gasteiger charge is 2.39. The maximum absolute atomic E-state index is 10.9. The normalized spacial score (nSPS) is 24.2. The summed E-state index contributed by atoms with van der Waals surface area (Å²) in [7, 11) is 0. The van der Waals surface area contributed by atoms with Crippen LogP contribution in [0.5, 0.6) is 0 Å². The Morgan fingerprint density at radius 1 is 1.41 bits per heavy atom. The predicted molar refractivity (Wildman–Crippen MR) is 70.3 cm³/mol. The summed E-state index contributed by atoms with van der Waals surface area (Å²) >= 11 is 5.39. The second-order valence-electron chi connectivity index (χ2n) is 5.86. The second-order valence-corrected chi connectivity index (χ2v) is 6.13. The molecule has 3 nitrogen and oxygen atoms in total. The van der Waals surface area contributed by atoms with Crippen LogP contribution in [0.3, 0.4) is 0 Å². The SMILES string of the molecule is CC(C)(C)C1OCC1CCCCNC(=O)CCl. The van der Waals surface area contributed by atoms with Crippen LogP contribution in [0.4, 0.5) is 0 Å². The molecule has 0 aliphatic carbocycles. The number of nitrogens with one attached hydrogen (secondary N) is 1. The van der Waals surface area contributed by atoms with Crippen LogP contribution < -0.4 is 5.32 Å². The lowest BCUT2D eigenvalue weighted by Gasteiger charge is -2.45. The van der Waals surface area contributed by atoms with Crippen molar-refractivity contribution >= 4 is 17.5 Å². The fourth-order valence-corrected chi connectivity index (χ4v) is 2.42. The monoisotopic (exact) mass is 261 g/mol. The van der Waals surface area contributed by atoms with Gasteiger partial charge in [0.25, 0.3) is 0 Å². The average molecular weight is 262 g/mol. The van der Waals surface area contributed by atoms with E-state index >= 15 is 0 Å². The van der Waals surface area contributed by atoms with Gasteiger partial charge in [0, 0.05) is 12.5 Å². The molecule has 1 amide bonds. The number of carbonyl (C=O) groups excluding carboxylic acids is 1. The van der Waals surface area contributed by atoms with Crippen molar-refractivity contribution in [2.75, 3.05) is 19.0 Å². The summed E-state index contributed by atoms with van der Waals surface area (Å²) in [5.74, 6) is 0.674. The van der Waals surface area contributed by atoms with Crippen molar-refractivity contribution in [2.24, 2.45) is 11.3 Å². The molecule has 100 valence electrons. The minimum atomic E-state index is -0.0776. The smallest absolute Gasteiger partial charge is 0.234 e. The van der Waals surface area contributed by atoms with Crippen LogP contribution in [0.15, 0.2) is 0 Å². The molecular weight excluding hydrogens is 238 g/mol. The molecule has 1 aliphatic heterocycles. The number of hydrogen-bond donors (Lipinski definition) is 1. The third-order valence-electron chi connectivity index (χ3n) is 3.22. The van der Waals surface area contributed by atoms with Crippen LogP contribution in [0.1, 0.15) is 40.0 Å². The minimum absolute atomic E-state index is 0.0581. The Bertz CT molecular complexity index is 250. The molecule has 2 atom stereocenters. The maximum atomic E-state index is 10.9. The van der Waals surface area contributed by atoms with Gasteiger partial charge in [-0.25, -0.2) is 0 Å². The van der Waals surface area contributed by atoms with Crippen LogP contribution in [0.25, 0.3) is 0 Å². The number of rotatable bonds is 6. The van der Waals surface area contributed by atoms with Gasteiger partial charge in [-0.2, -0.15) is 0 Å². The van der Waals surface area contributed by atoms with Crippen LogP contribution in [0, 0.1) is 11.3 Å². The highest BCUT2D eigenvalue weighted by atomic mass is 35.5. The van der Waals surface area contributed by atoms with Gasteiger partial charge in [0.2, 0.25) is 5.91 Å². The molecule has 0 aromatic rings. The van der Waals surface area contributed by atoms with Gasteiger partial charge in [-0.15, -0.1) is 11.6 Å². The van der Waals surface area contributed by atoms with Gasteiger partial charge < -0.3 is 10.1 Å². The number of amides is 1. The van der Waals surface area contributed by atoms with Crippen LogP contribution in [-0.4, -0.2) is 31.0 Å². The third kappa shape index (κ3) is 4.84. The highest BCUT2D eigenvalue weighted by molar-refractivity contribution is 6.27. The maximum Gasteiger partial charge on any atom is 0.234 e. The van der Waals surface area contributed by atoms with E-state index in [1.807, 2.05) is 0 Å². The Balaban J connectivity index is 2.06. The lowest BCUT2D eigenvalue weighted by Crippen LogP contribution is -2.48. The van der Waals surface area contributed by atoms with E-state index in [4.69, 9.17) is 16.3 Å². The van der Waals surface area contributed by atoms with Gasteiger partial charge >= 0.3 is 0 Å². The van der Waals surface area contributed by atoms with Crippen molar-refractivity contribution in [1.82, 2.24) is 5.32 Å². The Kier molecular flexibility index (Phi) is 5.74. The van der Waals surface area contributed by atoms with Crippen molar-refractivity contribution < 1.29 is 9.53 Å². The molecule has 1 aliphatic rings. The molecule has 1 heterocycles. The van der Waals surface area contributed by atoms with Gasteiger partial charge in [-0.05, 0) is 18.3 Å². The Hall–Kier alpha value is -0.280. The Morgan fingerprint density at radius 3 is 2.59 bits per heavy atom. The van der Waals surface area contributed by atoms with E-state index in [0.717, 1.165) is 26.0 Å². The lowest BCUT2D eigenvalue weighted by molar-refractivity contribution is -0.167. The summed E-state index contributed by atoms with van der Waals surface area (Å²) in [6, 6.07) is 0. The van der Waals surface area contributed by atoms with Gasteiger partial charge in [0.15, 0.2) is 0 Å². The molecule has 2 unspecified atom stereocenters. The van der Waals surface area contributed by atoms with E-state index in [0.29, 0.717) is 12.0 Å². The summed E-state index contributed by atoms with van der Waals surface area (Å²) in [6.07, 6.45) is 3.76. The minimum Gasteiger partial charge on any atom is -0.377 e.